The number of nitrogens with zero attached hydrogens (tertiary/aromatic N) is 5. The zero-order chi connectivity index (χ0) is 29.7. The van der Waals surface area contributed by atoms with Gasteiger partial charge in [-0.1, -0.05) is 43.8 Å². The van der Waals surface area contributed by atoms with E-state index < -0.39 is 0 Å². The largest absolute Gasteiger partial charge is 2.00 e. The van der Waals surface area contributed by atoms with Gasteiger partial charge in [0.1, 0.15) is 11.4 Å². The first-order valence-electron chi connectivity index (χ1n) is 13.7. The standard InChI is InChI=1S/C36H23N5O2.Pt/c1-36(2,3)26-9-11-39-34(17-26)41-31-8-7-22(19-37)13-29(31)35-25(20-38)15-28(18-32(35)41)43-27-6-4-5-23(14-27)30-16-24-10-12-42-33(24)21-40-30;/h4-13,15-17,21H,1-3H3;/q-2;+2. The van der Waals surface area contributed by atoms with Crippen LogP contribution in [-0.4, -0.2) is 14.5 Å². The van der Waals surface area contributed by atoms with Crippen molar-refractivity contribution in [2.45, 2.75) is 26.2 Å². The second-order valence-electron chi connectivity index (χ2n) is 11.3. The maximum absolute atomic E-state index is 10.3. The molecule has 0 spiro atoms. The zero-order valence-corrected chi connectivity index (χ0v) is 26.2. The molecule has 3 aromatic carbocycles. The monoisotopic (exact) mass is 752 g/mol. The molecule has 7 nitrogen and oxygen atoms in total. The van der Waals surface area contributed by atoms with Crippen molar-refractivity contribution in [2.75, 3.05) is 0 Å². The van der Waals surface area contributed by atoms with Crippen LogP contribution in [0.3, 0.4) is 0 Å². The molecule has 0 aliphatic carbocycles. The molecule has 0 aliphatic heterocycles. The van der Waals surface area contributed by atoms with Crippen molar-refractivity contribution < 1.29 is 30.2 Å². The van der Waals surface area contributed by atoms with Crippen molar-refractivity contribution in [3.05, 3.63) is 114 Å². The van der Waals surface area contributed by atoms with E-state index >= 15 is 0 Å². The Bertz CT molecular complexity index is 2300. The van der Waals surface area contributed by atoms with Gasteiger partial charge in [0.2, 0.25) is 0 Å². The molecule has 7 rings (SSSR count). The van der Waals surface area contributed by atoms with Crippen LogP contribution in [0, 0.1) is 34.8 Å². The molecule has 0 radical (unpaired) electrons. The molecule has 0 amide bonds. The third-order valence-corrected chi connectivity index (χ3v) is 7.45. The van der Waals surface area contributed by atoms with E-state index in [4.69, 9.17) is 14.1 Å². The number of furan rings is 1. The van der Waals surface area contributed by atoms with Gasteiger partial charge in [-0.05, 0) is 64.0 Å². The van der Waals surface area contributed by atoms with E-state index in [2.05, 4.69) is 50.0 Å². The van der Waals surface area contributed by atoms with Crippen LogP contribution >= 0.6 is 0 Å². The number of aromatic nitrogens is 3. The molecule has 8 heteroatoms. The predicted octanol–water partition coefficient (Wildman–Crippen LogP) is 8.42. The van der Waals surface area contributed by atoms with Crippen molar-refractivity contribution in [1.82, 2.24) is 14.5 Å². The van der Waals surface area contributed by atoms with Gasteiger partial charge in [0.25, 0.3) is 0 Å². The van der Waals surface area contributed by atoms with Gasteiger partial charge in [-0.2, -0.15) is 10.5 Å². The molecule has 7 aromatic rings. The van der Waals surface area contributed by atoms with Crippen molar-refractivity contribution in [3.63, 3.8) is 0 Å². The van der Waals surface area contributed by atoms with E-state index in [-0.39, 0.29) is 26.5 Å². The SMILES string of the molecule is CC(C)(C)c1ccnc(-n2c3[c-]c(Oc4[c-]c(-c5cc6ccoc6cn5)ccc4)cc(C#N)c3c3cc(C#N)ccc32)c1.[Pt+2]. The summed E-state index contributed by atoms with van der Waals surface area (Å²) in [4.78, 5) is 9.21. The Morgan fingerprint density at radius 3 is 2.57 bits per heavy atom. The Morgan fingerprint density at radius 1 is 0.909 bits per heavy atom. The average Bonchev–Trinajstić information content (AvgIpc) is 3.62. The van der Waals surface area contributed by atoms with Crippen LogP contribution in [0.25, 0.3) is 49.9 Å². The molecule has 4 heterocycles. The molecular weight excluding hydrogens is 730 g/mol. The van der Waals surface area contributed by atoms with Gasteiger partial charge in [-0.3, -0.25) is 0 Å². The molecule has 0 fully saturated rings. The minimum absolute atomic E-state index is 0. The number of pyridine rings is 2. The Labute approximate surface area is 268 Å². The number of hydrogen-bond donors (Lipinski definition) is 0. The molecule has 0 unspecified atom stereocenters. The molecule has 0 saturated heterocycles. The van der Waals surface area contributed by atoms with Gasteiger partial charge in [-0.25, -0.2) is 4.98 Å². The summed E-state index contributed by atoms with van der Waals surface area (Å²) in [6.07, 6.45) is 5.11. The van der Waals surface area contributed by atoms with Crippen LogP contribution < -0.4 is 4.74 Å². The Kier molecular flexibility index (Phi) is 7.29. The fourth-order valence-corrected chi connectivity index (χ4v) is 5.29. The zero-order valence-electron chi connectivity index (χ0n) is 24.0. The first-order valence-corrected chi connectivity index (χ1v) is 13.7. The fourth-order valence-electron chi connectivity index (χ4n) is 5.29. The molecule has 0 atom stereocenters. The van der Waals surface area contributed by atoms with Gasteiger partial charge < -0.3 is 18.7 Å². The molecule has 0 saturated carbocycles. The van der Waals surface area contributed by atoms with Crippen molar-refractivity contribution in [1.29, 1.82) is 10.5 Å². The topological polar surface area (TPSA) is 101 Å². The predicted molar refractivity (Wildman–Crippen MR) is 164 cm³/mol. The van der Waals surface area contributed by atoms with E-state index in [1.54, 1.807) is 42.9 Å². The summed E-state index contributed by atoms with van der Waals surface area (Å²) in [5.74, 6) is 1.49. The number of rotatable bonds is 4. The Hall–Kier alpha value is -5.23. The molecule has 0 bridgehead atoms. The molecule has 44 heavy (non-hydrogen) atoms. The van der Waals surface area contributed by atoms with Crippen LogP contribution in [0.1, 0.15) is 37.5 Å². The van der Waals surface area contributed by atoms with Crippen LogP contribution in [0.4, 0.5) is 0 Å². The first-order chi connectivity index (χ1) is 20.8. The van der Waals surface area contributed by atoms with Crippen LogP contribution in [0.2, 0.25) is 0 Å². The molecule has 4 aromatic heterocycles. The number of hydrogen-bond acceptors (Lipinski definition) is 6. The summed E-state index contributed by atoms with van der Waals surface area (Å²) in [6.45, 7) is 6.45. The summed E-state index contributed by atoms with van der Waals surface area (Å²) in [7, 11) is 0. The van der Waals surface area contributed by atoms with Gasteiger partial charge >= 0.3 is 21.1 Å². The average molecular weight is 753 g/mol. The number of fused-ring (bicyclic) bond motifs is 4. The van der Waals surface area contributed by atoms with E-state index in [1.165, 1.54) is 0 Å². The van der Waals surface area contributed by atoms with Gasteiger partial charge in [-0.15, -0.1) is 35.9 Å². The van der Waals surface area contributed by atoms with E-state index in [0.717, 1.165) is 33.1 Å². The van der Waals surface area contributed by atoms with E-state index in [9.17, 15) is 10.5 Å². The van der Waals surface area contributed by atoms with Gasteiger partial charge in [0.15, 0.2) is 0 Å². The van der Waals surface area contributed by atoms with E-state index in [0.29, 0.717) is 44.9 Å². The quantitative estimate of drug-likeness (QED) is 0.168. The Balaban J connectivity index is 0.00000343. The fraction of sp³-hybridized carbons (Fsp3) is 0.111. The van der Waals surface area contributed by atoms with Crippen LogP contribution in [0.15, 0.2) is 89.8 Å². The normalized spacial score (nSPS) is 11.3. The molecule has 0 aliphatic rings. The maximum Gasteiger partial charge on any atom is 2.00 e. The smallest absolute Gasteiger partial charge is 0.503 e. The summed E-state index contributed by atoms with van der Waals surface area (Å²) >= 11 is 0. The summed E-state index contributed by atoms with van der Waals surface area (Å²) in [5, 5.41) is 22.3. The minimum atomic E-state index is -0.0991. The second-order valence-corrected chi connectivity index (χ2v) is 11.3. The summed E-state index contributed by atoms with van der Waals surface area (Å²) in [5.41, 5.74) is 5.55. The third-order valence-electron chi connectivity index (χ3n) is 7.45. The second kappa shape index (κ2) is 11.1. The van der Waals surface area contributed by atoms with Gasteiger partial charge in [0, 0.05) is 28.6 Å². The minimum Gasteiger partial charge on any atom is -0.503 e. The molecule has 0 N–H and O–H groups in total. The van der Waals surface area contributed by atoms with Gasteiger partial charge in [0.05, 0.1) is 30.2 Å². The first kappa shape index (κ1) is 28.9. The third kappa shape index (κ3) is 5.02. The van der Waals surface area contributed by atoms with E-state index in [1.807, 2.05) is 47.0 Å². The number of nitriles is 2. The maximum atomic E-state index is 10.3. The van der Waals surface area contributed by atoms with Crippen molar-refractivity contribution in [3.8, 4) is 40.7 Å². The number of benzene rings is 3. The van der Waals surface area contributed by atoms with Crippen LogP contribution in [-0.2, 0) is 26.5 Å². The number of ether oxygens (including phenoxy) is 1. The van der Waals surface area contributed by atoms with Crippen LogP contribution in [0.5, 0.6) is 11.5 Å². The van der Waals surface area contributed by atoms with Crippen molar-refractivity contribution >= 4 is 32.8 Å². The summed E-state index contributed by atoms with van der Waals surface area (Å²) in [6, 6.07) is 31.8. The van der Waals surface area contributed by atoms with Crippen molar-refractivity contribution in [2.24, 2.45) is 0 Å². The molecule has 214 valence electrons. The Morgan fingerprint density at radius 2 is 1.77 bits per heavy atom. The summed E-state index contributed by atoms with van der Waals surface area (Å²) < 4.78 is 13.7. The molecular formula is C36H23N5O2Pt.